The highest BCUT2D eigenvalue weighted by molar-refractivity contribution is 5.96. The third kappa shape index (κ3) is 5.94. The van der Waals surface area contributed by atoms with Crippen molar-refractivity contribution >= 4 is 34.4 Å². The summed E-state index contributed by atoms with van der Waals surface area (Å²) >= 11 is 0. The normalized spacial score (nSPS) is 12.7. The number of anilines is 1. The van der Waals surface area contributed by atoms with Crippen molar-refractivity contribution < 1.29 is 24.6 Å². The third-order valence-electron chi connectivity index (χ3n) is 5.13. The fourth-order valence-corrected chi connectivity index (χ4v) is 3.37. The molecule has 0 saturated carbocycles. The number of aliphatic carboxylic acids is 2. The molecule has 5 N–H and O–H groups in total. The number of rotatable bonds is 9. The molecule has 1 aromatic heterocycles. The number of aryl methyl sites for hydroxylation is 1. The van der Waals surface area contributed by atoms with E-state index in [1.54, 1.807) is 43.3 Å². The Hall–Kier alpha value is -4.21. The monoisotopic (exact) mass is 452 g/mol. The summed E-state index contributed by atoms with van der Waals surface area (Å²) in [7, 11) is 0. The predicted molar refractivity (Wildman–Crippen MR) is 121 cm³/mol. The zero-order valence-electron chi connectivity index (χ0n) is 18.1. The van der Waals surface area contributed by atoms with E-state index in [1.165, 1.54) is 0 Å². The van der Waals surface area contributed by atoms with E-state index in [-0.39, 0.29) is 30.0 Å². The molecule has 0 bridgehead atoms. The summed E-state index contributed by atoms with van der Waals surface area (Å²) in [6, 6.07) is 10.5. The zero-order valence-corrected chi connectivity index (χ0v) is 18.1. The third-order valence-corrected chi connectivity index (χ3v) is 5.13. The van der Waals surface area contributed by atoms with Crippen LogP contribution < -0.4 is 16.2 Å². The topological polar surface area (TPSA) is 161 Å². The van der Waals surface area contributed by atoms with Gasteiger partial charge in [-0.05, 0) is 56.2 Å². The van der Waals surface area contributed by atoms with Crippen LogP contribution in [0.15, 0.2) is 47.3 Å². The lowest BCUT2D eigenvalue weighted by Gasteiger charge is -2.17. The lowest BCUT2D eigenvalue weighted by atomic mass is 10.0. The van der Waals surface area contributed by atoms with Crippen LogP contribution in [0.5, 0.6) is 0 Å². The molecule has 0 fully saturated rings. The maximum Gasteiger partial charge on any atom is 0.326 e. The van der Waals surface area contributed by atoms with Gasteiger partial charge in [-0.15, -0.1) is 0 Å². The van der Waals surface area contributed by atoms with E-state index in [2.05, 4.69) is 20.6 Å². The number of aromatic amines is 1. The van der Waals surface area contributed by atoms with Crippen molar-refractivity contribution in [3.05, 3.63) is 69.8 Å². The minimum absolute atomic E-state index is 0.153. The smallest absolute Gasteiger partial charge is 0.326 e. The number of hydrogen-bond acceptors (Lipinski definition) is 6. The molecule has 0 saturated heterocycles. The van der Waals surface area contributed by atoms with Crippen LogP contribution in [0.1, 0.15) is 47.6 Å². The number of carbonyl (C=O) groups excluding carboxylic acids is 1. The molecule has 1 amide bonds. The highest BCUT2D eigenvalue weighted by Gasteiger charge is 2.21. The van der Waals surface area contributed by atoms with Crippen LogP contribution in [0.2, 0.25) is 0 Å². The Bertz CT molecular complexity index is 1250. The van der Waals surface area contributed by atoms with Gasteiger partial charge in [0.15, 0.2) is 0 Å². The van der Waals surface area contributed by atoms with Gasteiger partial charge in [0.05, 0.1) is 10.9 Å². The zero-order chi connectivity index (χ0) is 24.1. The average molecular weight is 452 g/mol. The average Bonchev–Trinajstić information content (AvgIpc) is 2.76. The minimum Gasteiger partial charge on any atom is -0.481 e. The molecule has 10 nitrogen and oxygen atoms in total. The number of aromatic nitrogens is 2. The highest BCUT2D eigenvalue weighted by atomic mass is 16.4. The van der Waals surface area contributed by atoms with Gasteiger partial charge in [-0.25, -0.2) is 9.78 Å². The first-order valence-corrected chi connectivity index (χ1v) is 10.3. The summed E-state index contributed by atoms with van der Waals surface area (Å²) in [4.78, 5) is 53.5. The van der Waals surface area contributed by atoms with Crippen LogP contribution in [-0.4, -0.2) is 44.1 Å². The Labute approximate surface area is 188 Å². The molecule has 0 spiro atoms. The standard InChI is InChI=1S/C23H24N4O6/c1-12(24-16-7-8-18-17(11-16)22(31)26-13(2)25-18)14-3-5-15(6-4-14)21(30)27-19(23(32)33)9-10-20(28)29/h3-8,11-12,19,24H,9-10H2,1-2H3,(H,27,30)(H,28,29)(H,32,33)(H,25,26,31)/t12?,19-/m0/s1. The second-order valence-electron chi connectivity index (χ2n) is 7.67. The van der Waals surface area contributed by atoms with Crippen LogP contribution in [0.25, 0.3) is 10.9 Å². The van der Waals surface area contributed by atoms with Gasteiger partial charge in [0.2, 0.25) is 0 Å². The second kappa shape index (κ2) is 9.94. The van der Waals surface area contributed by atoms with Crippen LogP contribution in [0.3, 0.4) is 0 Å². The summed E-state index contributed by atoms with van der Waals surface area (Å²) in [5.74, 6) is -2.49. The van der Waals surface area contributed by atoms with Crippen molar-refractivity contribution in [2.24, 2.45) is 0 Å². The fourth-order valence-electron chi connectivity index (χ4n) is 3.37. The van der Waals surface area contributed by atoms with Crippen LogP contribution in [-0.2, 0) is 9.59 Å². The summed E-state index contributed by atoms with van der Waals surface area (Å²) in [5, 5.41) is 24.0. The van der Waals surface area contributed by atoms with Gasteiger partial charge in [-0.1, -0.05) is 12.1 Å². The minimum atomic E-state index is -1.29. The van der Waals surface area contributed by atoms with E-state index >= 15 is 0 Å². The number of carboxylic acids is 2. The molecule has 0 aliphatic heterocycles. The van der Waals surface area contributed by atoms with Gasteiger partial charge >= 0.3 is 11.9 Å². The van der Waals surface area contributed by atoms with E-state index in [0.29, 0.717) is 16.7 Å². The number of nitrogens with zero attached hydrogens (tertiary/aromatic N) is 1. The van der Waals surface area contributed by atoms with Crippen molar-refractivity contribution in [3.63, 3.8) is 0 Å². The summed E-state index contributed by atoms with van der Waals surface area (Å²) in [5.41, 5.74) is 2.24. The molecule has 2 aromatic carbocycles. The fraction of sp³-hybridized carbons (Fsp3) is 0.261. The molecule has 0 aliphatic carbocycles. The Morgan fingerprint density at radius 2 is 1.79 bits per heavy atom. The number of carbonyl (C=O) groups is 3. The van der Waals surface area contributed by atoms with Gasteiger partial charge in [-0.2, -0.15) is 0 Å². The van der Waals surface area contributed by atoms with Gasteiger partial charge < -0.3 is 25.8 Å². The lowest BCUT2D eigenvalue weighted by molar-refractivity contribution is -0.140. The van der Waals surface area contributed by atoms with E-state index in [0.717, 1.165) is 11.3 Å². The van der Waals surface area contributed by atoms with E-state index < -0.39 is 23.9 Å². The molecule has 0 aliphatic rings. The number of nitrogens with one attached hydrogen (secondary N) is 3. The van der Waals surface area contributed by atoms with Gasteiger partial charge in [0, 0.05) is 23.7 Å². The Balaban J connectivity index is 1.68. The van der Waals surface area contributed by atoms with Crippen molar-refractivity contribution in [2.75, 3.05) is 5.32 Å². The Kier molecular flexibility index (Phi) is 7.07. The van der Waals surface area contributed by atoms with E-state index in [9.17, 15) is 24.3 Å². The molecular weight excluding hydrogens is 428 g/mol. The molecule has 172 valence electrons. The molecule has 10 heteroatoms. The van der Waals surface area contributed by atoms with Crippen LogP contribution >= 0.6 is 0 Å². The maximum absolute atomic E-state index is 12.4. The largest absolute Gasteiger partial charge is 0.481 e. The molecule has 2 atom stereocenters. The van der Waals surface area contributed by atoms with Gasteiger partial charge in [0.1, 0.15) is 11.9 Å². The van der Waals surface area contributed by atoms with Crippen molar-refractivity contribution in [1.29, 1.82) is 0 Å². The first-order chi connectivity index (χ1) is 15.6. The highest BCUT2D eigenvalue weighted by Crippen LogP contribution is 2.22. The SMILES string of the molecule is Cc1nc2ccc(NC(C)c3ccc(C(=O)N[C@@H](CCC(=O)O)C(=O)O)cc3)cc2c(=O)[nH]1. The molecule has 3 aromatic rings. The molecule has 1 heterocycles. The van der Waals surface area contributed by atoms with E-state index in [4.69, 9.17) is 5.11 Å². The van der Waals surface area contributed by atoms with Crippen molar-refractivity contribution in [2.45, 2.75) is 38.8 Å². The van der Waals surface area contributed by atoms with E-state index in [1.807, 2.05) is 13.0 Å². The van der Waals surface area contributed by atoms with Crippen molar-refractivity contribution in [3.8, 4) is 0 Å². The number of benzene rings is 2. The molecule has 33 heavy (non-hydrogen) atoms. The quantitative estimate of drug-likeness (QED) is 0.331. The lowest BCUT2D eigenvalue weighted by Crippen LogP contribution is -2.41. The first kappa shape index (κ1) is 23.5. The number of amides is 1. The first-order valence-electron chi connectivity index (χ1n) is 10.3. The molecule has 0 radical (unpaired) electrons. The maximum atomic E-state index is 12.4. The second-order valence-corrected chi connectivity index (χ2v) is 7.67. The number of carboxylic acid groups (broad SMARTS) is 2. The molecular formula is C23H24N4O6. The molecule has 3 rings (SSSR count). The molecule has 1 unspecified atom stereocenters. The van der Waals surface area contributed by atoms with Crippen LogP contribution in [0.4, 0.5) is 5.69 Å². The van der Waals surface area contributed by atoms with Gasteiger partial charge in [-0.3, -0.25) is 14.4 Å². The number of hydrogen-bond donors (Lipinski definition) is 5. The Morgan fingerprint density at radius 1 is 1.09 bits per heavy atom. The predicted octanol–water partition coefficient (Wildman–Crippen LogP) is 2.45. The summed E-state index contributed by atoms with van der Waals surface area (Å²) in [6.07, 6.45) is -0.575. The summed E-state index contributed by atoms with van der Waals surface area (Å²) in [6.45, 7) is 3.64. The number of fused-ring (bicyclic) bond motifs is 1. The van der Waals surface area contributed by atoms with Crippen LogP contribution in [0, 0.1) is 6.92 Å². The number of H-pyrrole nitrogens is 1. The van der Waals surface area contributed by atoms with Gasteiger partial charge in [0.25, 0.3) is 11.5 Å². The Morgan fingerprint density at radius 3 is 2.42 bits per heavy atom. The van der Waals surface area contributed by atoms with Crippen molar-refractivity contribution in [1.82, 2.24) is 15.3 Å². The summed E-state index contributed by atoms with van der Waals surface area (Å²) < 4.78 is 0.